The molecule has 24 heavy (non-hydrogen) atoms. The van der Waals surface area contributed by atoms with Gasteiger partial charge >= 0.3 is 0 Å². The summed E-state index contributed by atoms with van der Waals surface area (Å²) in [6.45, 7) is 0.485. The van der Waals surface area contributed by atoms with Gasteiger partial charge in [-0.15, -0.1) is 0 Å². The molecule has 0 aliphatic heterocycles. The fourth-order valence-corrected chi connectivity index (χ4v) is 3.52. The quantitative estimate of drug-likeness (QED) is 0.498. The molecule has 1 aromatic rings. The number of carbonyl (C=O) groups excluding carboxylic acids is 1. The van der Waals surface area contributed by atoms with Crippen molar-refractivity contribution in [3.8, 4) is 0 Å². The predicted octanol–water partition coefficient (Wildman–Crippen LogP) is 3.63. The Morgan fingerprint density at radius 3 is 2.46 bits per heavy atom. The Bertz CT molecular complexity index is 611. The average molecular weight is 354 g/mol. The van der Waals surface area contributed by atoms with Crippen LogP contribution in [0.2, 0.25) is 5.02 Å². The van der Waals surface area contributed by atoms with Crippen molar-refractivity contribution in [2.24, 2.45) is 0 Å². The van der Waals surface area contributed by atoms with Crippen molar-refractivity contribution >= 4 is 23.2 Å². The molecule has 2 rings (SSSR count). The maximum absolute atomic E-state index is 12.5. The van der Waals surface area contributed by atoms with Crippen molar-refractivity contribution in [1.82, 2.24) is 10.2 Å². The standard InChI is InChI=1S/C17H24ClN3O3/c1-20(2)17(9-5-3-4-6-10-17)12-19-16(22)14-8-7-13(18)11-15(14)21(23)24/h7-8,11H,3-6,9-10,12H2,1-2H3,(H,19,22). The summed E-state index contributed by atoms with van der Waals surface area (Å²) in [5, 5.41) is 14.3. The lowest BCUT2D eigenvalue weighted by Gasteiger charge is -2.39. The van der Waals surface area contributed by atoms with Crippen molar-refractivity contribution in [1.29, 1.82) is 0 Å². The minimum Gasteiger partial charge on any atom is -0.350 e. The summed E-state index contributed by atoms with van der Waals surface area (Å²) < 4.78 is 0. The van der Waals surface area contributed by atoms with Gasteiger partial charge in [-0.05, 0) is 39.1 Å². The molecule has 0 unspecified atom stereocenters. The minimum absolute atomic E-state index is 0.0481. The Morgan fingerprint density at radius 2 is 1.92 bits per heavy atom. The number of amides is 1. The van der Waals surface area contributed by atoms with Crippen molar-refractivity contribution < 1.29 is 9.72 Å². The van der Waals surface area contributed by atoms with Crippen LogP contribution in [0, 0.1) is 10.1 Å². The molecular formula is C17H24ClN3O3. The number of carbonyl (C=O) groups is 1. The molecule has 0 aromatic heterocycles. The fraction of sp³-hybridized carbons (Fsp3) is 0.588. The minimum atomic E-state index is -0.575. The summed E-state index contributed by atoms with van der Waals surface area (Å²) in [4.78, 5) is 25.3. The van der Waals surface area contributed by atoms with Gasteiger partial charge in [-0.25, -0.2) is 0 Å². The van der Waals surface area contributed by atoms with Crippen molar-refractivity contribution in [3.05, 3.63) is 38.9 Å². The van der Waals surface area contributed by atoms with Crippen LogP contribution in [0.15, 0.2) is 18.2 Å². The van der Waals surface area contributed by atoms with Crippen molar-refractivity contribution in [2.75, 3.05) is 20.6 Å². The number of benzene rings is 1. The first-order valence-electron chi connectivity index (χ1n) is 8.25. The van der Waals surface area contributed by atoms with Crippen LogP contribution in [0.25, 0.3) is 0 Å². The number of nitrogens with zero attached hydrogens (tertiary/aromatic N) is 2. The molecule has 0 spiro atoms. The maximum Gasteiger partial charge on any atom is 0.283 e. The topological polar surface area (TPSA) is 75.5 Å². The number of nitrogens with one attached hydrogen (secondary N) is 1. The Kier molecular flexibility index (Phi) is 6.18. The second kappa shape index (κ2) is 7.94. The molecular weight excluding hydrogens is 330 g/mol. The lowest BCUT2D eigenvalue weighted by Crippen LogP contribution is -2.52. The van der Waals surface area contributed by atoms with Crippen LogP contribution in [0.3, 0.4) is 0 Å². The van der Waals surface area contributed by atoms with Gasteiger partial charge in [-0.3, -0.25) is 14.9 Å². The first-order chi connectivity index (χ1) is 11.4. The molecule has 0 heterocycles. The van der Waals surface area contributed by atoms with Crippen LogP contribution < -0.4 is 5.32 Å². The fourth-order valence-electron chi connectivity index (χ4n) is 3.36. The highest BCUT2D eigenvalue weighted by atomic mass is 35.5. The summed E-state index contributed by atoms with van der Waals surface area (Å²) in [7, 11) is 4.06. The lowest BCUT2D eigenvalue weighted by molar-refractivity contribution is -0.385. The monoisotopic (exact) mass is 353 g/mol. The summed E-state index contributed by atoms with van der Waals surface area (Å²) >= 11 is 5.80. The molecule has 0 saturated heterocycles. The number of halogens is 1. The molecule has 1 aliphatic rings. The molecule has 6 nitrogen and oxygen atoms in total. The smallest absolute Gasteiger partial charge is 0.283 e. The van der Waals surface area contributed by atoms with E-state index in [9.17, 15) is 14.9 Å². The summed E-state index contributed by atoms with van der Waals surface area (Å²) in [6, 6.07) is 4.12. The van der Waals surface area contributed by atoms with Gasteiger partial charge < -0.3 is 10.2 Å². The molecule has 1 fully saturated rings. The van der Waals surface area contributed by atoms with Crippen LogP contribution in [0.1, 0.15) is 48.9 Å². The summed E-state index contributed by atoms with van der Waals surface area (Å²) in [5.74, 6) is -0.427. The van der Waals surface area contributed by atoms with Crippen molar-refractivity contribution in [3.63, 3.8) is 0 Å². The maximum atomic E-state index is 12.5. The number of nitro benzene ring substituents is 1. The van der Waals surface area contributed by atoms with Crippen molar-refractivity contribution in [2.45, 2.75) is 44.1 Å². The van der Waals surface area contributed by atoms with Gasteiger partial charge in [0.2, 0.25) is 0 Å². The van der Waals surface area contributed by atoms with Crippen LogP contribution in [0.4, 0.5) is 5.69 Å². The van der Waals surface area contributed by atoms with Crippen LogP contribution in [-0.4, -0.2) is 41.9 Å². The first-order valence-corrected chi connectivity index (χ1v) is 8.63. The largest absolute Gasteiger partial charge is 0.350 e. The highest BCUT2D eigenvalue weighted by Crippen LogP contribution is 2.31. The van der Waals surface area contributed by atoms with E-state index in [1.54, 1.807) is 0 Å². The van der Waals surface area contributed by atoms with Gasteiger partial charge in [0.1, 0.15) is 5.56 Å². The number of rotatable bonds is 5. The molecule has 7 heteroatoms. The Labute approximate surface area is 147 Å². The summed E-state index contributed by atoms with van der Waals surface area (Å²) in [6.07, 6.45) is 6.73. The summed E-state index contributed by atoms with van der Waals surface area (Å²) in [5.41, 5.74) is -0.306. The third-order valence-corrected chi connectivity index (χ3v) is 5.20. The SMILES string of the molecule is CN(C)C1(CNC(=O)c2ccc(Cl)cc2[N+](=O)[O-])CCCCCC1. The molecule has 1 saturated carbocycles. The van der Waals surface area contributed by atoms with E-state index >= 15 is 0 Å². The van der Waals surface area contributed by atoms with Gasteiger partial charge in [0.05, 0.1) is 4.92 Å². The van der Waals surface area contributed by atoms with Crippen LogP contribution in [0.5, 0.6) is 0 Å². The average Bonchev–Trinajstić information content (AvgIpc) is 2.79. The first kappa shape index (κ1) is 18.7. The van der Waals surface area contributed by atoms with Gasteiger partial charge in [0.15, 0.2) is 0 Å². The van der Waals surface area contributed by atoms with Gasteiger partial charge in [-0.2, -0.15) is 0 Å². The lowest BCUT2D eigenvalue weighted by atomic mass is 9.88. The third kappa shape index (κ3) is 4.24. The van der Waals surface area contributed by atoms with Gasteiger partial charge in [0, 0.05) is 23.2 Å². The van der Waals surface area contributed by atoms with Crippen LogP contribution >= 0.6 is 11.6 Å². The molecule has 1 aromatic carbocycles. The highest BCUT2D eigenvalue weighted by Gasteiger charge is 2.34. The van der Waals surface area contributed by atoms with E-state index in [2.05, 4.69) is 10.2 Å². The predicted molar refractivity (Wildman–Crippen MR) is 94.6 cm³/mol. The Morgan fingerprint density at radius 1 is 1.29 bits per heavy atom. The number of likely N-dealkylation sites (N-methyl/N-ethyl adjacent to an activating group) is 1. The molecule has 1 aliphatic carbocycles. The molecule has 0 atom stereocenters. The van der Waals surface area contributed by atoms with Crippen LogP contribution in [-0.2, 0) is 0 Å². The molecule has 1 N–H and O–H groups in total. The molecule has 132 valence electrons. The Hall–Kier alpha value is -1.66. The van der Waals surface area contributed by atoms with E-state index in [4.69, 9.17) is 11.6 Å². The number of hydrogen-bond acceptors (Lipinski definition) is 4. The molecule has 0 radical (unpaired) electrons. The van der Waals surface area contributed by atoms with Gasteiger partial charge in [-0.1, -0.05) is 37.3 Å². The molecule has 0 bridgehead atoms. The van der Waals surface area contributed by atoms with Gasteiger partial charge in [0.25, 0.3) is 11.6 Å². The zero-order chi connectivity index (χ0) is 17.7. The number of hydrogen-bond donors (Lipinski definition) is 1. The molecule has 1 amide bonds. The van der Waals surface area contributed by atoms with E-state index in [1.807, 2.05) is 14.1 Å². The third-order valence-electron chi connectivity index (χ3n) is 4.96. The van der Waals surface area contributed by atoms with E-state index < -0.39 is 10.8 Å². The van der Waals surface area contributed by atoms with E-state index in [0.717, 1.165) is 25.7 Å². The van der Waals surface area contributed by atoms with E-state index in [0.29, 0.717) is 6.54 Å². The zero-order valence-corrected chi connectivity index (χ0v) is 14.9. The Balaban J connectivity index is 2.15. The van der Waals surface area contributed by atoms with E-state index in [1.165, 1.54) is 31.0 Å². The zero-order valence-electron chi connectivity index (χ0n) is 14.2. The second-order valence-electron chi connectivity index (χ2n) is 6.63. The normalized spacial score (nSPS) is 17.3. The highest BCUT2D eigenvalue weighted by molar-refractivity contribution is 6.31. The van der Waals surface area contributed by atoms with E-state index in [-0.39, 0.29) is 21.8 Å². The number of nitro groups is 1. The second-order valence-corrected chi connectivity index (χ2v) is 7.07.